The topological polar surface area (TPSA) is 43.9 Å². The van der Waals surface area contributed by atoms with E-state index in [9.17, 15) is 8.42 Å². The Morgan fingerprint density at radius 3 is 2.41 bits per heavy atom. The van der Waals surface area contributed by atoms with Crippen molar-refractivity contribution in [1.29, 1.82) is 0 Å². The largest absolute Gasteiger partial charge is 0.301 e. The molecule has 0 bridgehead atoms. The number of benzene rings is 1. The van der Waals surface area contributed by atoms with Crippen LogP contribution >= 0.6 is 0 Å². The standard InChI is InChI=1S/C21H35N3O2S/c1-2-3-4-8-12-22-14-16-23(17-15-22)21-18-24(27(25,26)19-21)13-11-20-9-6-5-7-10-20/h5-7,9-10,21H,2-4,8,11-19H2,1H3. The highest BCUT2D eigenvalue weighted by Gasteiger charge is 2.39. The van der Waals surface area contributed by atoms with E-state index < -0.39 is 10.0 Å². The third kappa shape index (κ3) is 6.01. The Hall–Kier alpha value is -0.950. The number of nitrogens with zero attached hydrogens (tertiary/aromatic N) is 3. The molecule has 27 heavy (non-hydrogen) atoms. The van der Waals surface area contributed by atoms with Gasteiger partial charge in [-0.1, -0.05) is 56.5 Å². The first-order valence-corrected chi connectivity index (χ1v) is 12.2. The second kappa shape index (κ2) is 10.0. The molecule has 2 heterocycles. The van der Waals surface area contributed by atoms with Crippen molar-refractivity contribution in [2.24, 2.45) is 0 Å². The molecular formula is C21H35N3O2S. The van der Waals surface area contributed by atoms with Gasteiger partial charge in [0.2, 0.25) is 10.0 Å². The van der Waals surface area contributed by atoms with Gasteiger partial charge in [-0.3, -0.25) is 4.90 Å². The van der Waals surface area contributed by atoms with Crippen molar-refractivity contribution in [2.45, 2.75) is 45.1 Å². The Labute approximate surface area is 165 Å². The Kier molecular flexibility index (Phi) is 7.70. The maximum absolute atomic E-state index is 12.6. The number of hydrogen-bond acceptors (Lipinski definition) is 4. The summed E-state index contributed by atoms with van der Waals surface area (Å²) in [6.07, 6.45) is 6.02. The van der Waals surface area contributed by atoms with E-state index in [1.807, 2.05) is 18.2 Å². The summed E-state index contributed by atoms with van der Waals surface area (Å²) >= 11 is 0. The van der Waals surface area contributed by atoms with Crippen LogP contribution in [0.25, 0.3) is 0 Å². The highest BCUT2D eigenvalue weighted by atomic mass is 32.2. The molecule has 6 heteroatoms. The first-order valence-electron chi connectivity index (χ1n) is 10.6. The van der Waals surface area contributed by atoms with Gasteiger partial charge in [0.1, 0.15) is 0 Å². The predicted octanol–water partition coefficient (Wildman–Crippen LogP) is 2.44. The molecule has 0 radical (unpaired) electrons. The van der Waals surface area contributed by atoms with Crippen molar-refractivity contribution in [3.8, 4) is 0 Å². The van der Waals surface area contributed by atoms with Gasteiger partial charge in [-0.25, -0.2) is 8.42 Å². The lowest BCUT2D eigenvalue weighted by atomic mass is 10.1. The smallest absolute Gasteiger partial charge is 0.215 e. The van der Waals surface area contributed by atoms with E-state index in [1.54, 1.807) is 4.31 Å². The summed E-state index contributed by atoms with van der Waals surface area (Å²) in [6, 6.07) is 10.3. The molecule has 0 amide bonds. The van der Waals surface area contributed by atoms with Crippen LogP contribution in [0, 0.1) is 0 Å². The van der Waals surface area contributed by atoms with Gasteiger partial charge in [0.05, 0.1) is 5.75 Å². The lowest BCUT2D eigenvalue weighted by Gasteiger charge is -2.37. The van der Waals surface area contributed by atoms with E-state index in [-0.39, 0.29) is 11.8 Å². The lowest BCUT2D eigenvalue weighted by molar-refractivity contribution is 0.100. The molecule has 0 aliphatic carbocycles. The Morgan fingerprint density at radius 1 is 0.963 bits per heavy atom. The van der Waals surface area contributed by atoms with E-state index in [0.29, 0.717) is 13.1 Å². The fraction of sp³-hybridized carbons (Fsp3) is 0.714. The van der Waals surface area contributed by atoms with Gasteiger partial charge >= 0.3 is 0 Å². The van der Waals surface area contributed by atoms with Gasteiger partial charge in [0, 0.05) is 45.3 Å². The van der Waals surface area contributed by atoms with Crippen molar-refractivity contribution in [3.63, 3.8) is 0 Å². The maximum atomic E-state index is 12.6. The quantitative estimate of drug-likeness (QED) is 0.605. The molecule has 3 rings (SSSR count). The van der Waals surface area contributed by atoms with E-state index in [1.165, 1.54) is 37.8 Å². The molecule has 0 saturated carbocycles. The van der Waals surface area contributed by atoms with Crippen LogP contribution in [-0.4, -0.2) is 80.1 Å². The van der Waals surface area contributed by atoms with Crippen molar-refractivity contribution in [1.82, 2.24) is 14.1 Å². The molecule has 5 nitrogen and oxygen atoms in total. The second-order valence-electron chi connectivity index (χ2n) is 7.96. The summed E-state index contributed by atoms with van der Waals surface area (Å²) in [5, 5.41) is 0. The summed E-state index contributed by atoms with van der Waals surface area (Å²) in [7, 11) is -3.11. The summed E-state index contributed by atoms with van der Waals surface area (Å²) in [5.74, 6) is 0.290. The van der Waals surface area contributed by atoms with Crippen LogP contribution in [0.15, 0.2) is 30.3 Å². The number of unbranched alkanes of at least 4 members (excludes halogenated alkanes) is 3. The molecule has 0 aromatic heterocycles. The van der Waals surface area contributed by atoms with Crippen LogP contribution in [0.1, 0.15) is 38.2 Å². The number of hydrogen-bond donors (Lipinski definition) is 0. The Balaban J connectivity index is 1.44. The molecule has 2 fully saturated rings. The summed E-state index contributed by atoms with van der Waals surface area (Å²) in [4.78, 5) is 4.95. The van der Waals surface area contributed by atoms with E-state index in [4.69, 9.17) is 0 Å². The van der Waals surface area contributed by atoms with Crippen molar-refractivity contribution in [3.05, 3.63) is 35.9 Å². The van der Waals surface area contributed by atoms with E-state index in [0.717, 1.165) is 32.6 Å². The molecule has 1 aromatic carbocycles. The Morgan fingerprint density at radius 2 is 1.70 bits per heavy atom. The van der Waals surface area contributed by atoms with Crippen molar-refractivity contribution < 1.29 is 8.42 Å². The Bertz CT molecular complexity index is 657. The molecular weight excluding hydrogens is 358 g/mol. The highest BCUT2D eigenvalue weighted by molar-refractivity contribution is 7.89. The average molecular weight is 394 g/mol. The number of piperazine rings is 1. The molecule has 0 N–H and O–H groups in total. The lowest BCUT2D eigenvalue weighted by Crippen LogP contribution is -2.51. The molecule has 0 spiro atoms. The zero-order chi connectivity index (χ0) is 19.1. The van der Waals surface area contributed by atoms with Gasteiger partial charge in [-0.05, 0) is 24.9 Å². The summed E-state index contributed by atoms with van der Waals surface area (Å²) < 4.78 is 26.9. The van der Waals surface area contributed by atoms with Gasteiger partial charge in [0.15, 0.2) is 0 Å². The van der Waals surface area contributed by atoms with Crippen LogP contribution in [0.2, 0.25) is 0 Å². The summed E-state index contributed by atoms with van der Waals surface area (Å²) in [6.45, 7) is 8.85. The fourth-order valence-corrected chi connectivity index (χ4v) is 6.00. The van der Waals surface area contributed by atoms with Gasteiger partial charge in [0.25, 0.3) is 0 Å². The first-order chi connectivity index (χ1) is 13.1. The van der Waals surface area contributed by atoms with Crippen LogP contribution < -0.4 is 0 Å². The minimum absolute atomic E-state index is 0.160. The van der Waals surface area contributed by atoms with Crippen LogP contribution in [0.5, 0.6) is 0 Å². The highest BCUT2D eigenvalue weighted by Crippen LogP contribution is 2.21. The monoisotopic (exact) mass is 393 g/mol. The minimum atomic E-state index is -3.11. The minimum Gasteiger partial charge on any atom is -0.301 e. The van der Waals surface area contributed by atoms with Gasteiger partial charge in [-0.2, -0.15) is 4.31 Å². The number of sulfonamides is 1. The van der Waals surface area contributed by atoms with Crippen molar-refractivity contribution in [2.75, 3.05) is 51.6 Å². The molecule has 2 aliphatic heterocycles. The van der Waals surface area contributed by atoms with E-state index >= 15 is 0 Å². The molecule has 1 unspecified atom stereocenters. The molecule has 1 atom stereocenters. The summed E-state index contributed by atoms with van der Waals surface area (Å²) in [5.41, 5.74) is 1.20. The third-order valence-corrected chi connectivity index (χ3v) is 7.88. The van der Waals surface area contributed by atoms with Crippen LogP contribution in [0.3, 0.4) is 0 Å². The maximum Gasteiger partial charge on any atom is 0.215 e. The van der Waals surface area contributed by atoms with E-state index in [2.05, 4.69) is 28.9 Å². The molecule has 1 aromatic rings. The molecule has 152 valence electrons. The van der Waals surface area contributed by atoms with Crippen LogP contribution in [0.4, 0.5) is 0 Å². The van der Waals surface area contributed by atoms with Gasteiger partial charge in [-0.15, -0.1) is 0 Å². The zero-order valence-corrected chi connectivity index (χ0v) is 17.5. The normalized spacial score (nSPS) is 24.4. The first kappa shape index (κ1) is 20.8. The predicted molar refractivity (Wildman–Crippen MR) is 111 cm³/mol. The van der Waals surface area contributed by atoms with Crippen molar-refractivity contribution >= 4 is 10.0 Å². The average Bonchev–Trinajstić information content (AvgIpc) is 2.99. The molecule has 2 saturated heterocycles. The van der Waals surface area contributed by atoms with Crippen LogP contribution in [-0.2, 0) is 16.4 Å². The SMILES string of the molecule is CCCCCCN1CCN(C2CN(CCc3ccccc3)S(=O)(=O)C2)CC1. The molecule has 2 aliphatic rings. The number of rotatable bonds is 9. The second-order valence-corrected chi connectivity index (χ2v) is 9.98. The fourth-order valence-electron chi connectivity index (χ4n) is 4.21. The zero-order valence-electron chi connectivity index (χ0n) is 16.7. The van der Waals surface area contributed by atoms with Gasteiger partial charge < -0.3 is 4.90 Å². The third-order valence-electron chi connectivity index (χ3n) is 5.95.